The molecular weight excluding hydrogens is 428 g/mol. The Labute approximate surface area is 204 Å². The Morgan fingerprint density at radius 3 is 2.29 bits per heavy atom. The third kappa shape index (κ3) is 8.58. The smallest absolute Gasteiger partial charge is 0.307 e. The molecule has 186 valence electrons. The van der Waals surface area contributed by atoms with Gasteiger partial charge < -0.3 is 9.47 Å². The number of allylic oxidation sites excluding steroid dienone is 7. The average molecular weight is 469 g/mol. The van der Waals surface area contributed by atoms with Gasteiger partial charge in [-0.3, -0.25) is 14.4 Å². The summed E-state index contributed by atoms with van der Waals surface area (Å²) in [5, 5.41) is 0. The number of hydrogen-bond donors (Lipinski definition) is 0. The van der Waals surface area contributed by atoms with Gasteiger partial charge in [0.25, 0.3) is 0 Å². The molecule has 0 saturated carbocycles. The summed E-state index contributed by atoms with van der Waals surface area (Å²) in [6.45, 7) is 5.33. The molecule has 1 unspecified atom stereocenters. The van der Waals surface area contributed by atoms with Gasteiger partial charge in [-0.25, -0.2) is 0 Å². The van der Waals surface area contributed by atoms with Crippen molar-refractivity contribution >= 4 is 17.5 Å². The van der Waals surface area contributed by atoms with E-state index in [1.165, 1.54) is 44.9 Å². The van der Waals surface area contributed by atoms with E-state index in [0.717, 1.165) is 38.5 Å². The first-order valence-corrected chi connectivity index (χ1v) is 12.8. The predicted octanol–water partition coefficient (Wildman–Crippen LogP) is 7.00. The van der Waals surface area contributed by atoms with Crippen molar-refractivity contribution in [1.29, 1.82) is 0 Å². The number of carbonyl (C=O) groups excluding carboxylic acids is 3. The number of Topliss-reactive ketones (excluding diaryl/α,β-unsaturated/α-hetero) is 1. The van der Waals surface area contributed by atoms with Crippen LogP contribution in [0.4, 0.5) is 0 Å². The number of fused-ring (bicyclic) bond motifs is 1. The van der Waals surface area contributed by atoms with Crippen LogP contribution in [-0.2, 0) is 23.9 Å². The molecule has 0 radical (unpaired) electrons. The molecular formula is C29H40O5. The topological polar surface area (TPSA) is 69.7 Å². The van der Waals surface area contributed by atoms with E-state index in [4.69, 9.17) is 9.47 Å². The molecule has 0 bridgehead atoms. The van der Waals surface area contributed by atoms with Crippen molar-refractivity contribution in [2.75, 3.05) is 0 Å². The van der Waals surface area contributed by atoms with Gasteiger partial charge in [-0.05, 0) is 70.1 Å². The molecule has 1 aliphatic heterocycles. The van der Waals surface area contributed by atoms with Gasteiger partial charge in [0.05, 0.1) is 5.57 Å². The second kappa shape index (κ2) is 14.5. The maximum Gasteiger partial charge on any atom is 0.307 e. The minimum atomic E-state index is -1.81. The molecule has 0 spiro atoms. The Bertz CT molecular complexity index is 871. The van der Waals surface area contributed by atoms with Crippen LogP contribution in [-0.4, -0.2) is 23.1 Å². The maximum atomic E-state index is 12.8. The molecule has 1 heterocycles. The van der Waals surface area contributed by atoms with Crippen LogP contribution < -0.4 is 0 Å². The molecule has 5 nitrogen and oxygen atoms in total. The van der Waals surface area contributed by atoms with E-state index in [1.54, 1.807) is 13.0 Å². The van der Waals surface area contributed by atoms with Crippen LogP contribution in [0.3, 0.4) is 0 Å². The Kier molecular flexibility index (Phi) is 11.8. The minimum Gasteiger partial charge on any atom is -0.469 e. The lowest BCUT2D eigenvalue weighted by molar-refractivity contribution is -0.169. The molecule has 2 aliphatic rings. The van der Waals surface area contributed by atoms with Crippen molar-refractivity contribution < 1.29 is 23.9 Å². The fourth-order valence-corrected chi connectivity index (χ4v) is 3.96. The van der Waals surface area contributed by atoms with Gasteiger partial charge in [-0.2, -0.15) is 0 Å². The lowest BCUT2D eigenvalue weighted by atomic mass is 9.80. The summed E-state index contributed by atoms with van der Waals surface area (Å²) in [5.41, 5.74) is -1.05. The van der Waals surface area contributed by atoms with Gasteiger partial charge in [0.1, 0.15) is 12.0 Å². The maximum absolute atomic E-state index is 12.8. The van der Waals surface area contributed by atoms with Crippen molar-refractivity contribution in [3.8, 4) is 0 Å². The number of ether oxygens (including phenoxy) is 2. The van der Waals surface area contributed by atoms with E-state index in [9.17, 15) is 14.4 Å². The number of hydrogen-bond acceptors (Lipinski definition) is 5. The minimum absolute atomic E-state index is 0.200. The summed E-state index contributed by atoms with van der Waals surface area (Å²) in [5.74, 6) is -0.968. The number of carbonyl (C=O) groups is 3. The highest BCUT2D eigenvalue weighted by Crippen LogP contribution is 2.33. The van der Waals surface area contributed by atoms with Crippen LogP contribution >= 0.6 is 0 Å². The highest BCUT2D eigenvalue weighted by atomic mass is 16.6. The molecule has 0 aromatic carbocycles. The SMILES string of the molecule is CCCCC/C=C/C/C=C/CCCCCCCC(=O)OC1(C)C(=O)C=C2C=C(C)OC=C2C1=O. The van der Waals surface area contributed by atoms with Crippen molar-refractivity contribution in [1.82, 2.24) is 0 Å². The molecule has 0 saturated heterocycles. The van der Waals surface area contributed by atoms with E-state index < -0.39 is 23.1 Å². The Hall–Kier alpha value is -2.69. The fraction of sp³-hybridized carbons (Fsp3) is 0.552. The Balaban J connectivity index is 1.59. The van der Waals surface area contributed by atoms with Gasteiger partial charge in [0.15, 0.2) is 0 Å². The molecule has 0 N–H and O–H groups in total. The quantitative estimate of drug-likeness (QED) is 0.112. The number of rotatable bonds is 15. The first-order chi connectivity index (χ1) is 16.4. The Morgan fingerprint density at radius 1 is 0.941 bits per heavy atom. The van der Waals surface area contributed by atoms with Gasteiger partial charge in [-0.1, -0.05) is 63.3 Å². The molecule has 0 aromatic heterocycles. The second-order valence-corrected chi connectivity index (χ2v) is 9.19. The highest BCUT2D eigenvalue weighted by molar-refractivity contribution is 6.26. The van der Waals surface area contributed by atoms with E-state index >= 15 is 0 Å². The standard InChI is InChI=1S/C29H40O5/c1-4-5-6-7-8-9-10-11-12-13-14-15-16-17-18-19-27(31)34-29(3)26(30)21-24-20-23(2)33-22-25(24)28(29)32/h8-9,11-12,20-22H,4-7,10,13-19H2,1-3H3/b9-8+,12-11+. The van der Waals surface area contributed by atoms with Crippen LogP contribution in [0.1, 0.15) is 97.8 Å². The van der Waals surface area contributed by atoms with Crippen LogP contribution in [0.15, 0.2) is 59.6 Å². The normalized spacial score (nSPS) is 20.1. The zero-order valence-corrected chi connectivity index (χ0v) is 21.1. The summed E-state index contributed by atoms with van der Waals surface area (Å²) in [7, 11) is 0. The van der Waals surface area contributed by atoms with Crippen LogP contribution in [0.2, 0.25) is 0 Å². The van der Waals surface area contributed by atoms with Crippen LogP contribution in [0, 0.1) is 0 Å². The summed E-state index contributed by atoms with van der Waals surface area (Å²) in [4.78, 5) is 37.7. The Morgan fingerprint density at radius 2 is 1.59 bits per heavy atom. The molecule has 0 fully saturated rings. The molecule has 0 aromatic rings. The number of unbranched alkanes of at least 4 members (excludes halogenated alkanes) is 8. The zero-order chi connectivity index (χ0) is 24.8. The van der Waals surface area contributed by atoms with Gasteiger partial charge in [-0.15, -0.1) is 0 Å². The van der Waals surface area contributed by atoms with Crippen molar-refractivity contribution in [3.63, 3.8) is 0 Å². The van der Waals surface area contributed by atoms with Gasteiger partial charge >= 0.3 is 5.97 Å². The number of ketones is 2. The van der Waals surface area contributed by atoms with Gasteiger partial charge in [0, 0.05) is 6.42 Å². The molecule has 5 heteroatoms. The van der Waals surface area contributed by atoms with Gasteiger partial charge in [0.2, 0.25) is 17.2 Å². The summed E-state index contributed by atoms with van der Waals surface area (Å²) in [6, 6.07) is 0. The monoisotopic (exact) mass is 468 g/mol. The fourth-order valence-electron chi connectivity index (χ4n) is 3.96. The third-order valence-electron chi connectivity index (χ3n) is 6.12. The zero-order valence-electron chi connectivity index (χ0n) is 21.1. The average Bonchev–Trinajstić information content (AvgIpc) is 2.80. The van der Waals surface area contributed by atoms with Crippen LogP contribution in [0.25, 0.3) is 0 Å². The van der Waals surface area contributed by atoms with E-state index in [1.807, 2.05) is 0 Å². The molecule has 1 atom stereocenters. The number of esters is 1. The molecule has 0 amide bonds. The first kappa shape index (κ1) is 27.6. The van der Waals surface area contributed by atoms with Crippen molar-refractivity contribution in [2.45, 2.75) is 103 Å². The van der Waals surface area contributed by atoms with Crippen molar-refractivity contribution in [3.05, 3.63) is 59.6 Å². The third-order valence-corrected chi connectivity index (χ3v) is 6.12. The summed E-state index contributed by atoms with van der Waals surface area (Å²) < 4.78 is 10.7. The first-order valence-electron chi connectivity index (χ1n) is 12.8. The molecule has 34 heavy (non-hydrogen) atoms. The van der Waals surface area contributed by atoms with Crippen LogP contribution in [0.5, 0.6) is 0 Å². The van der Waals surface area contributed by atoms with E-state index in [2.05, 4.69) is 31.2 Å². The molecule has 1 aliphatic carbocycles. The predicted molar refractivity (Wildman–Crippen MR) is 135 cm³/mol. The second-order valence-electron chi connectivity index (χ2n) is 9.19. The van der Waals surface area contributed by atoms with Crippen molar-refractivity contribution in [2.24, 2.45) is 0 Å². The summed E-state index contributed by atoms with van der Waals surface area (Å²) >= 11 is 0. The largest absolute Gasteiger partial charge is 0.469 e. The molecule has 2 rings (SSSR count). The lowest BCUT2D eigenvalue weighted by Gasteiger charge is -2.31. The van der Waals surface area contributed by atoms with E-state index in [-0.39, 0.29) is 12.0 Å². The van der Waals surface area contributed by atoms with E-state index in [0.29, 0.717) is 17.8 Å². The lowest BCUT2D eigenvalue weighted by Crippen LogP contribution is -2.50. The summed E-state index contributed by atoms with van der Waals surface area (Å²) in [6.07, 6.45) is 25.6. The highest BCUT2D eigenvalue weighted by Gasteiger charge is 2.49.